The van der Waals surface area contributed by atoms with Crippen LogP contribution < -0.4 is 0 Å². The lowest BCUT2D eigenvalue weighted by Crippen LogP contribution is -2.38. The van der Waals surface area contributed by atoms with Crippen LogP contribution in [0.25, 0.3) is 0 Å². The van der Waals surface area contributed by atoms with E-state index in [0.717, 1.165) is 0 Å². The summed E-state index contributed by atoms with van der Waals surface area (Å²) in [6.45, 7) is 3.10. The molecule has 106 valence electrons. The van der Waals surface area contributed by atoms with E-state index < -0.39 is 20.7 Å². The molecule has 0 radical (unpaired) electrons. The van der Waals surface area contributed by atoms with E-state index in [1.807, 2.05) is 6.07 Å². The van der Waals surface area contributed by atoms with Crippen LogP contribution in [0.1, 0.15) is 25.5 Å². The van der Waals surface area contributed by atoms with Gasteiger partial charge in [-0.3, -0.25) is 0 Å². The van der Waals surface area contributed by atoms with Crippen molar-refractivity contribution in [2.24, 2.45) is 0 Å². The molecule has 0 saturated heterocycles. The minimum Gasteiger partial charge on any atom is -0.387 e. The molecule has 0 heterocycles. The van der Waals surface area contributed by atoms with Crippen molar-refractivity contribution in [2.45, 2.75) is 29.6 Å². The Labute approximate surface area is 119 Å². The van der Waals surface area contributed by atoms with Crippen LogP contribution in [0, 0.1) is 0 Å². The molecule has 2 aromatic carbocycles. The maximum atomic E-state index is 12.7. The Morgan fingerprint density at radius 3 is 1.85 bits per heavy atom. The Bertz CT molecular complexity index is 661. The van der Waals surface area contributed by atoms with Crippen LogP contribution in [0.2, 0.25) is 0 Å². The first kappa shape index (κ1) is 14.8. The molecule has 0 spiro atoms. The maximum Gasteiger partial charge on any atom is 0.186 e. The lowest BCUT2D eigenvalue weighted by Gasteiger charge is -2.30. The third-order valence-corrected chi connectivity index (χ3v) is 6.02. The molecule has 3 nitrogen and oxygen atoms in total. The van der Waals surface area contributed by atoms with Crippen LogP contribution in [0.15, 0.2) is 65.6 Å². The van der Waals surface area contributed by atoms with Crippen LogP contribution in [0.5, 0.6) is 0 Å². The number of benzene rings is 2. The number of aliphatic hydroxyl groups is 1. The van der Waals surface area contributed by atoms with Gasteiger partial charge in [-0.15, -0.1) is 0 Å². The standard InChI is InChI=1S/C16H18O3S/c1-16(2,15(17)13-9-5-3-6-10-13)20(18,19)14-11-7-4-8-12-14/h3-12,15,17H,1-2H3/t15-/m1/s1. The summed E-state index contributed by atoms with van der Waals surface area (Å²) in [6.07, 6.45) is -1.09. The molecule has 4 heteroatoms. The summed E-state index contributed by atoms with van der Waals surface area (Å²) in [5, 5.41) is 10.5. The molecule has 0 aliphatic rings. The van der Waals surface area contributed by atoms with E-state index in [1.165, 1.54) is 0 Å². The first-order chi connectivity index (χ1) is 9.37. The second-order valence-electron chi connectivity index (χ2n) is 5.23. The fraction of sp³-hybridized carbons (Fsp3) is 0.250. The minimum atomic E-state index is -3.64. The molecule has 0 aliphatic carbocycles. The van der Waals surface area contributed by atoms with Crippen molar-refractivity contribution in [3.8, 4) is 0 Å². The van der Waals surface area contributed by atoms with Crippen molar-refractivity contribution < 1.29 is 13.5 Å². The molecule has 1 N–H and O–H groups in total. The third kappa shape index (κ3) is 2.49. The van der Waals surface area contributed by atoms with Crippen molar-refractivity contribution in [2.75, 3.05) is 0 Å². The van der Waals surface area contributed by atoms with Gasteiger partial charge in [-0.25, -0.2) is 8.42 Å². The van der Waals surface area contributed by atoms with E-state index in [0.29, 0.717) is 5.56 Å². The van der Waals surface area contributed by atoms with Crippen LogP contribution in [-0.2, 0) is 9.84 Å². The van der Waals surface area contributed by atoms with Crippen molar-refractivity contribution >= 4 is 9.84 Å². The minimum absolute atomic E-state index is 0.222. The molecular weight excluding hydrogens is 272 g/mol. The highest BCUT2D eigenvalue weighted by molar-refractivity contribution is 7.92. The highest BCUT2D eigenvalue weighted by Crippen LogP contribution is 2.36. The number of aliphatic hydroxyl groups excluding tert-OH is 1. The molecule has 0 amide bonds. The van der Waals surface area contributed by atoms with E-state index in [1.54, 1.807) is 68.4 Å². The molecular formula is C16H18O3S. The Morgan fingerprint density at radius 2 is 1.35 bits per heavy atom. The number of rotatable bonds is 4. The quantitative estimate of drug-likeness (QED) is 0.942. The zero-order valence-electron chi connectivity index (χ0n) is 11.5. The van der Waals surface area contributed by atoms with E-state index in [9.17, 15) is 13.5 Å². The average molecular weight is 290 g/mol. The van der Waals surface area contributed by atoms with Gasteiger partial charge in [-0.2, -0.15) is 0 Å². The van der Waals surface area contributed by atoms with Crippen molar-refractivity contribution in [3.05, 3.63) is 66.2 Å². The molecule has 0 aliphatic heterocycles. The highest BCUT2D eigenvalue weighted by Gasteiger charge is 2.42. The van der Waals surface area contributed by atoms with E-state index in [-0.39, 0.29) is 4.90 Å². The lowest BCUT2D eigenvalue weighted by atomic mass is 9.98. The second kappa shape index (κ2) is 5.38. The van der Waals surface area contributed by atoms with Gasteiger partial charge in [-0.05, 0) is 31.5 Å². The van der Waals surface area contributed by atoms with Crippen LogP contribution in [-0.4, -0.2) is 18.3 Å². The SMILES string of the molecule is CC(C)([C@H](O)c1ccccc1)S(=O)(=O)c1ccccc1. The van der Waals surface area contributed by atoms with Gasteiger partial charge in [0, 0.05) is 0 Å². The molecule has 0 fully saturated rings. The topological polar surface area (TPSA) is 54.4 Å². The number of hydrogen-bond acceptors (Lipinski definition) is 3. The Hall–Kier alpha value is -1.65. The van der Waals surface area contributed by atoms with Gasteiger partial charge >= 0.3 is 0 Å². The molecule has 2 rings (SSSR count). The van der Waals surface area contributed by atoms with E-state index in [4.69, 9.17) is 0 Å². The Balaban J connectivity index is 2.45. The Morgan fingerprint density at radius 1 is 0.900 bits per heavy atom. The summed E-state index contributed by atoms with van der Waals surface area (Å²) in [5.74, 6) is 0. The number of hydrogen-bond donors (Lipinski definition) is 1. The summed E-state index contributed by atoms with van der Waals surface area (Å²) in [7, 11) is -3.64. The fourth-order valence-corrected chi connectivity index (χ4v) is 3.64. The zero-order chi connectivity index (χ0) is 14.8. The number of sulfone groups is 1. The summed E-state index contributed by atoms with van der Waals surface area (Å²) < 4.78 is 24.1. The van der Waals surface area contributed by atoms with Gasteiger partial charge in [0.05, 0.1) is 11.0 Å². The summed E-state index contributed by atoms with van der Waals surface area (Å²) >= 11 is 0. The highest BCUT2D eigenvalue weighted by atomic mass is 32.2. The molecule has 0 saturated carbocycles. The van der Waals surface area contributed by atoms with Crippen LogP contribution in [0.4, 0.5) is 0 Å². The summed E-state index contributed by atoms with van der Waals surface area (Å²) in [4.78, 5) is 0.222. The van der Waals surface area contributed by atoms with Gasteiger partial charge in [0.25, 0.3) is 0 Å². The first-order valence-corrected chi connectivity index (χ1v) is 7.88. The maximum absolute atomic E-state index is 12.7. The lowest BCUT2D eigenvalue weighted by molar-refractivity contribution is 0.139. The molecule has 0 aromatic heterocycles. The average Bonchev–Trinajstić information content (AvgIpc) is 2.48. The fourth-order valence-electron chi connectivity index (χ4n) is 2.09. The van der Waals surface area contributed by atoms with Gasteiger partial charge in [0.15, 0.2) is 9.84 Å². The van der Waals surface area contributed by atoms with Crippen molar-refractivity contribution in [3.63, 3.8) is 0 Å². The molecule has 1 atom stereocenters. The normalized spacial score (nSPS) is 13.9. The largest absolute Gasteiger partial charge is 0.387 e. The summed E-state index contributed by atoms with van der Waals surface area (Å²) in [6, 6.07) is 17.1. The first-order valence-electron chi connectivity index (χ1n) is 6.40. The van der Waals surface area contributed by atoms with Crippen molar-refractivity contribution in [1.82, 2.24) is 0 Å². The van der Waals surface area contributed by atoms with Gasteiger partial charge in [-0.1, -0.05) is 48.5 Å². The second-order valence-corrected chi connectivity index (χ2v) is 7.76. The predicted octanol–water partition coefficient (Wildman–Crippen LogP) is 2.97. The monoisotopic (exact) mass is 290 g/mol. The smallest absolute Gasteiger partial charge is 0.186 e. The molecule has 20 heavy (non-hydrogen) atoms. The molecule has 0 unspecified atom stereocenters. The Kier molecular flexibility index (Phi) is 3.97. The summed E-state index contributed by atoms with van der Waals surface area (Å²) in [5.41, 5.74) is 0.594. The van der Waals surface area contributed by atoms with E-state index in [2.05, 4.69) is 0 Å². The third-order valence-electron chi connectivity index (χ3n) is 3.52. The van der Waals surface area contributed by atoms with Crippen LogP contribution >= 0.6 is 0 Å². The van der Waals surface area contributed by atoms with Gasteiger partial charge < -0.3 is 5.11 Å². The van der Waals surface area contributed by atoms with Crippen molar-refractivity contribution in [1.29, 1.82) is 0 Å². The van der Waals surface area contributed by atoms with Gasteiger partial charge in [0.2, 0.25) is 0 Å². The van der Waals surface area contributed by atoms with E-state index >= 15 is 0 Å². The zero-order valence-corrected chi connectivity index (χ0v) is 12.3. The predicted molar refractivity (Wildman–Crippen MR) is 79.1 cm³/mol. The molecule has 0 bridgehead atoms. The van der Waals surface area contributed by atoms with Crippen LogP contribution in [0.3, 0.4) is 0 Å². The van der Waals surface area contributed by atoms with Gasteiger partial charge in [0.1, 0.15) is 4.75 Å². The molecule has 2 aromatic rings.